The number of phenolic OH excluding ortho intramolecular Hbond substituents is 4. The zero-order valence-corrected chi connectivity index (χ0v) is 47.9. The third-order valence-electron chi connectivity index (χ3n) is 14.6. The lowest BCUT2D eigenvalue weighted by Gasteiger charge is -2.42. The van der Waals surface area contributed by atoms with Gasteiger partial charge in [0.25, 0.3) is 0 Å². The molecule has 4 aromatic carbocycles. The van der Waals surface area contributed by atoms with Crippen LogP contribution in [0.2, 0.25) is 0 Å². The second-order valence-corrected chi connectivity index (χ2v) is 25.0. The van der Waals surface area contributed by atoms with E-state index >= 15 is 0 Å². The minimum atomic E-state index is -2.89. The number of carbonyl (C=O) groups excluding carboxylic acids is 4. The molecule has 0 saturated heterocycles. The number of hydrogen-bond donors (Lipinski definition) is 4. The average molecular weight is 1010 g/mol. The predicted molar refractivity (Wildman–Crippen MR) is 286 cm³/mol. The maximum absolute atomic E-state index is 14.8. The smallest absolute Gasteiger partial charge is 0.432 e. The van der Waals surface area contributed by atoms with Gasteiger partial charge in [0.05, 0.1) is 25.7 Å². The largest absolute Gasteiger partial charge is 0.507 e. The van der Waals surface area contributed by atoms with Gasteiger partial charge in [0.1, 0.15) is 35.0 Å². The van der Waals surface area contributed by atoms with Crippen LogP contribution in [0.1, 0.15) is 186 Å². The normalized spacial score (nSPS) is 12.7. The first-order valence-corrected chi connectivity index (χ1v) is 25.2. The van der Waals surface area contributed by atoms with Crippen molar-refractivity contribution in [1.29, 1.82) is 0 Å². The van der Waals surface area contributed by atoms with Crippen LogP contribution in [-0.4, -0.2) is 56.9 Å². The van der Waals surface area contributed by atoms with Crippen molar-refractivity contribution in [3.8, 4) is 23.0 Å². The Morgan fingerprint density at radius 3 is 0.767 bits per heavy atom. The molecule has 0 aliphatic heterocycles. The van der Waals surface area contributed by atoms with E-state index in [1.807, 2.05) is 90.0 Å². The number of hydrogen-bond acceptors (Lipinski definition) is 12. The summed E-state index contributed by atoms with van der Waals surface area (Å²) in [5.74, 6) is -6.04. The van der Waals surface area contributed by atoms with Gasteiger partial charge in [-0.15, -0.1) is 0 Å². The highest BCUT2D eigenvalue weighted by Gasteiger charge is 2.58. The lowest BCUT2D eigenvalue weighted by molar-refractivity contribution is -0.377. The Morgan fingerprint density at radius 2 is 0.562 bits per heavy atom. The SMILES string of the molecule is Cc1c(CC(=O)OCC(C)(C)C(OC(=O)Cc2cc(C(C)(C)C)c(O)c(C)c2C)(OC(=O)Cc2cc(C(C)(C)C)c(O)c(C)c2C)OC(=O)Cc2cc(C(C)(C)C)c(O)c(C)c2C)cc(C(C)(C)C)c(O)c1C. The summed E-state index contributed by atoms with van der Waals surface area (Å²) in [6.45, 7) is 39.8. The van der Waals surface area contributed by atoms with Gasteiger partial charge in [-0.05, 0) is 180 Å². The third-order valence-corrected chi connectivity index (χ3v) is 14.6. The van der Waals surface area contributed by atoms with Crippen LogP contribution in [0.5, 0.6) is 23.0 Å². The van der Waals surface area contributed by atoms with Gasteiger partial charge in [0, 0.05) is 0 Å². The second-order valence-electron chi connectivity index (χ2n) is 25.0. The topological polar surface area (TPSA) is 186 Å². The van der Waals surface area contributed by atoms with Gasteiger partial charge in [-0.2, -0.15) is 0 Å². The first kappa shape index (κ1) is 59.5. The zero-order valence-electron chi connectivity index (χ0n) is 47.9. The van der Waals surface area contributed by atoms with Crippen LogP contribution in [0, 0.1) is 60.8 Å². The van der Waals surface area contributed by atoms with Crippen molar-refractivity contribution in [1.82, 2.24) is 0 Å². The average Bonchev–Trinajstić information content (AvgIpc) is 3.24. The predicted octanol–water partition coefficient (Wildman–Crippen LogP) is 12.3. The van der Waals surface area contributed by atoms with E-state index in [1.165, 1.54) is 13.8 Å². The molecule has 0 bridgehead atoms. The highest BCUT2D eigenvalue weighted by atomic mass is 16.9. The Labute approximate surface area is 434 Å². The van der Waals surface area contributed by atoms with E-state index in [0.29, 0.717) is 89.0 Å². The van der Waals surface area contributed by atoms with Crippen molar-refractivity contribution in [2.45, 2.75) is 206 Å². The lowest BCUT2D eigenvalue weighted by Crippen LogP contribution is -2.57. The van der Waals surface area contributed by atoms with Crippen molar-refractivity contribution in [2.75, 3.05) is 6.61 Å². The summed E-state index contributed by atoms with van der Waals surface area (Å²) in [4.78, 5) is 58.4. The standard InChI is InChI=1S/C61H84O12/c1-32-36(5)52(66)44(56(9,10)11)23-40(32)27-48(62)70-31-60(21,22)61(71-49(63)28-41-24-45(57(12,13)14)53(67)37(6)33(41)2,72-50(64)29-42-25-46(58(15,16)17)54(68)38(7)34(42)3)73-51(65)30-43-26-47(59(18,19)20)55(69)39(8)35(43)4/h23-26,66-69H,27-31H2,1-22H3. The maximum atomic E-state index is 14.8. The number of rotatable bonds is 14. The van der Waals surface area contributed by atoms with Gasteiger partial charge in [-0.25, -0.2) is 0 Å². The second kappa shape index (κ2) is 21.1. The Morgan fingerprint density at radius 1 is 0.356 bits per heavy atom. The quantitative estimate of drug-likeness (QED) is 0.0693. The Bertz CT molecular complexity index is 2590. The minimum Gasteiger partial charge on any atom is -0.507 e. The lowest BCUT2D eigenvalue weighted by atomic mass is 9.82. The molecule has 0 heterocycles. The highest BCUT2D eigenvalue weighted by Crippen LogP contribution is 2.43. The summed E-state index contributed by atoms with van der Waals surface area (Å²) in [6.07, 6.45) is -1.43. The molecule has 0 saturated carbocycles. The molecule has 0 aromatic heterocycles. The van der Waals surface area contributed by atoms with Gasteiger partial charge < -0.3 is 39.4 Å². The van der Waals surface area contributed by atoms with Crippen LogP contribution < -0.4 is 0 Å². The van der Waals surface area contributed by atoms with E-state index in [2.05, 4.69) is 0 Å². The molecular weight excluding hydrogens is 925 g/mol. The summed E-state index contributed by atoms with van der Waals surface area (Å²) >= 11 is 0. The molecule has 0 fully saturated rings. The summed E-state index contributed by atoms with van der Waals surface area (Å²) in [7, 11) is 0. The molecule has 0 unspecified atom stereocenters. The Kier molecular flexibility index (Phi) is 17.2. The summed E-state index contributed by atoms with van der Waals surface area (Å²) in [5.41, 5.74) is 5.54. The van der Waals surface area contributed by atoms with Crippen molar-refractivity contribution < 1.29 is 58.6 Å². The van der Waals surface area contributed by atoms with Gasteiger partial charge in [-0.1, -0.05) is 107 Å². The molecule has 73 heavy (non-hydrogen) atoms. The molecule has 0 aliphatic carbocycles. The van der Waals surface area contributed by atoms with E-state index in [4.69, 9.17) is 18.9 Å². The van der Waals surface area contributed by atoms with Gasteiger partial charge >= 0.3 is 29.9 Å². The molecule has 0 amide bonds. The summed E-state index contributed by atoms with van der Waals surface area (Å²) in [6, 6.07) is 6.98. The number of phenols is 4. The fourth-order valence-electron chi connectivity index (χ4n) is 8.96. The molecule has 0 atom stereocenters. The highest BCUT2D eigenvalue weighted by molar-refractivity contribution is 5.79. The van der Waals surface area contributed by atoms with Crippen LogP contribution in [-0.2, 0) is 85.5 Å². The molecule has 400 valence electrons. The van der Waals surface area contributed by atoms with Crippen LogP contribution >= 0.6 is 0 Å². The molecule has 0 aliphatic rings. The molecular formula is C61H84O12. The fraction of sp³-hybridized carbons (Fsp3) is 0.541. The van der Waals surface area contributed by atoms with E-state index in [-0.39, 0.29) is 29.4 Å². The molecule has 4 N–H and O–H groups in total. The van der Waals surface area contributed by atoms with E-state index < -0.39 is 82.8 Å². The van der Waals surface area contributed by atoms with E-state index in [1.54, 1.807) is 72.7 Å². The number of ether oxygens (including phenoxy) is 4. The number of aromatic hydroxyl groups is 4. The number of carbonyl (C=O) groups is 4. The van der Waals surface area contributed by atoms with Crippen LogP contribution in [0.3, 0.4) is 0 Å². The number of esters is 4. The van der Waals surface area contributed by atoms with E-state index in [0.717, 1.165) is 0 Å². The molecule has 4 aromatic rings. The van der Waals surface area contributed by atoms with Crippen LogP contribution in [0.4, 0.5) is 0 Å². The van der Waals surface area contributed by atoms with Crippen LogP contribution in [0.25, 0.3) is 0 Å². The molecule has 12 heteroatoms. The van der Waals surface area contributed by atoms with Crippen molar-refractivity contribution >= 4 is 23.9 Å². The summed E-state index contributed by atoms with van der Waals surface area (Å²) in [5, 5.41) is 44.7. The summed E-state index contributed by atoms with van der Waals surface area (Å²) < 4.78 is 25.0. The fourth-order valence-corrected chi connectivity index (χ4v) is 8.96. The van der Waals surface area contributed by atoms with Gasteiger partial charge in [0.2, 0.25) is 0 Å². The third kappa shape index (κ3) is 13.0. The molecule has 4 rings (SSSR count). The van der Waals surface area contributed by atoms with Gasteiger partial charge in [-0.3, -0.25) is 19.2 Å². The van der Waals surface area contributed by atoms with Crippen LogP contribution in [0.15, 0.2) is 24.3 Å². The van der Waals surface area contributed by atoms with Crippen molar-refractivity contribution in [3.63, 3.8) is 0 Å². The van der Waals surface area contributed by atoms with E-state index in [9.17, 15) is 39.6 Å². The Hall–Kier alpha value is -6.04. The van der Waals surface area contributed by atoms with Crippen molar-refractivity contribution in [2.24, 2.45) is 5.41 Å². The van der Waals surface area contributed by atoms with Crippen molar-refractivity contribution in [3.05, 3.63) is 113 Å². The Balaban J connectivity index is 1.96. The molecule has 12 nitrogen and oxygen atoms in total. The molecule has 0 radical (unpaired) electrons. The monoisotopic (exact) mass is 1010 g/mol. The minimum absolute atomic E-state index is 0.0957. The first-order chi connectivity index (χ1) is 33.1. The first-order valence-electron chi connectivity index (χ1n) is 25.2. The zero-order chi connectivity index (χ0) is 56.0. The number of benzene rings is 4. The molecule has 0 spiro atoms. The van der Waals surface area contributed by atoms with Gasteiger partial charge in [0.15, 0.2) is 0 Å². The maximum Gasteiger partial charge on any atom is 0.432 e.